The van der Waals surface area contributed by atoms with Gasteiger partial charge in [-0.25, -0.2) is 5.06 Å². The molecule has 8 nitrogen and oxygen atoms in total. The first kappa shape index (κ1) is 22.7. The summed E-state index contributed by atoms with van der Waals surface area (Å²) >= 11 is 0. The van der Waals surface area contributed by atoms with Gasteiger partial charge < -0.3 is 9.42 Å². The molecule has 1 aromatic carbocycles. The van der Waals surface area contributed by atoms with Crippen molar-refractivity contribution in [3.05, 3.63) is 35.7 Å². The predicted molar refractivity (Wildman–Crippen MR) is 102 cm³/mol. The average molecular weight is 440 g/mol. The van der Waals surface area contributed by atoms with Crippen LogP contribution >= 0.6 is 0 Å². The van der Waals surface area contributed by atoms with E-state index in [4.69, 9.17) is 4.84 Å². The fourth-order valence-electron chi connectivity index (χ4n) is 3.34. The van der Waals surface area contributed by atoms with Crippen molar-refractivity contribution in [2.24, 2.45) is 0 Å². The second kappa shape index (κ2) is 9.46. The number of hydrogen-bond acceptors (Lipinski definition) is 6. The third-order valence-corrected chi connectivity index (χ3v) is 4.85. The zero-order valence-electron chi connectivity index (χ0n) is 17.2. The highest BCUT2D eigenvalue weighted by Crippen LogP contribution is 2.29. The lowest BCUT2D eigenvalue weighted by atomic mass is 10.1. The molecule has 168 valence electrons. The van der Waals surface area contributed by atoms with E-state index in [1.165, 1.54) is 12.0 Å². The van der Waals surface area contributed by atoms with Crippen LogP contribution in [-0.4, -0.2) is 51.1 Å². The van der Waals surface area contributed by atoms with Crippen molar-refractivity contribution in [3.63, 3.8) is 0 Å². The zero-order valence-corrected chi connectivity index (χ0v) is 17.2. The van der Waals surface area contributed by atoms with Gasteiger partial charge in [-0.05, 0) is 24.8 Å². The predicted octanol–water partition coefficient (Wildman–Crippen LogP) is 3.44. The molecular weight excluding hydrogens is 417 g/mol. The van der Waals surface area contributed by atoms with Crippen molar-refractivity contribution in [1.82, 2.24) is 20.1 Å². The van der Waals surface area contributed by atoms with Crippen molar-refractivity contribution in [2.45, 2.75) is 51.9 Å². The van der Waals surface area contributed by atoms with Crippen LogP contribution in [0.25, 0.3) is 11.4 Å². The molecule has 3 rings (SSSR count). The molecule has 2 amide bonds. The highest BCUT2D eigenvalue weighted by Gasteiger charge is 2.38. The summed E-state index contributed by atoms with van der Waals surface area (Å²) in [5, 5.41) is 4.61. The highest BCUT2D eigenvalue weighted by atomic mass is 19.4. The van der Waals surface area contributed by atoms with Gasteiger partial charge in [0.25, 0.3) is 5.91 Å². The SMILES string of the molecule is CCCON(Cc1ccc(-c2noc(C(F)(F)F)n2)cc1)C(=O)C1CCCN1C(C)=O. The molecule has 31 heavy (non-hydrogen) atoms. The Kier molecular flexibility index (Phi) is 6.94. The number of alkyl halides is 3. The van der Waals surface area contributed by atoms with Gasteiger partial charge in [0, 0.05) is 19.0 Å². The number of likely N-dealkylation sites (tertiary alicyclic amines) is 1. The van der Waals surface area contributed by atoms with Crippen molar-refractivity contribution in [1.29, 1.82) is 0 Å². The molecule has 11 heteroatoms. The van der Waals surface area contributed by atoms with E-state index < -0.39 is 18.1 Å². The number of aromatic nitrogens is 2. The maximum atomic E-state index is 13.0. The minimum absolute atomic E-state index is 0.126. The molecular formula is C20H23F3N4O4. The molecule has 0 N–H and O–H groups in total. The van der Waals surface area contributed by atoms with Gasteiger partial charge in [-0.2, -0.15) is 18.2 Å². The van der Waals surface area contributed by atoms with Crippen LogP contribution in [0.1, 0.15) is 44.6 Å². The Morgan fingerprint density at radius 1 is 1.29 bits per heavy atom. The molecule has 0 bridgehead atoms. The Labute approximate surface area is 176 Å². The van der Waals surface area contributed by atoms with Gasteiger partial charge >= 0.3 is 12.1 Å². The van der Waals surface area contributed by atoms with E-state index in [1.54, 1.807) is 29.2 Å². The summed E-state index contributed by atoms with van der Waals surface area (Å²) in [7, 11) is 0. The molecule has 2 heterocycles. The van der Waals surface area contributed by atoms with E-state index >= 15 is 0 Å². The third kappa shape index (κ3) is 5.40. The summed E-state index contributed by atoms with van der Waals surface area (Å²) in [6.45, 7) is 4.34. The van der Waals surface area contributed by atoms with E-state index in [-0.39, 0.29) is 24.2 Å². The second-order valence-electron chi connectivity index (χ2n) is 7.20. The average Bonchev–Trinajstić information content (AvgIpc) is 3.40. The Morgan fingerprint density at radius 2 is 2.00 bits per heavy atom. The van der Waals surface area contributed by atoms with Crippen LogP contribution in [0.3, 0.4) is 0 Å². The fourth-order valence-corrected chi connectivity index (χ4v) is 3.34. The molecule has 1 atom stereocenters. The Bertz CT molecular complexity index is 914. The molecule has 1 fully saturated rings. The van der Waals surface area contributed by atoms with Crippen molar-refractivity contribution >= 4 is 11.8 Å². The number of hydrogen-bond donors (Lipinski definition) is 0. The Morgan fingerprint density at radius 3 is 2.58 bits per heavy atom. The van der Waals surface area contributed by atoms with Gasteiger partial charge in [-0.1, -0.05) is 36.3 Å². The molecule has 1 aromatic heterocycles. The van der Waals surface area contributed by atoms with E-state index in [2.05, 4.69) is 14.7 Å². The van der Waals surface area contributed by atoms with E-state index in [1.807, 2.05) is 6.92 Å². The van der Waals surface area contributed by atoms with E-state index in [9.17, 15) is 22.8 Å². The molecule has 1 aliphatic rings. The number of hydroxylamine groups is 2. The van der Waals surface area contributed by atoms with Crippen molar-refractivity contribution in [2.75, 3.05) is 13.2 Å². The standard InChI is InChI=1S/C20H23F3N4O4/c1-3-11-30-27(18(29)16-5-4-10-26(16)13(2)28)12-14-6-8-15(9-7-14)17-24-19(31-25-17)20(21,22)23/h6-9,16H,3-5,10-12H2,1-2H3. The molecule has 2 aromatic rings. The summed E-state index contributed by atoms with van der Waals surface area (Å²) in [4.78, 5) is 35.4. The smallest absolute Gasteiger partial charge is 0.331 e. The number of benzene rings is 1. The van der Waals surface area contributed by atoms with Gasteiger partial charge in [0.15, 0.2) is 0 Å². The summed E-state index contributed by atoms with van der Waals surface area (Å²) in [5.41, 5.74) is 1.04. The van der Waals surface area contributed by atoms with Crippen LogP contribution in [0.15, 0.2) is 28.8 Å². The Balaban J connectivity index is 1.73. The summed E-state index contributed by atoms with van der Waals surface area (Å²) in [6, 6.07) is 5.81. The fraction of sp³-hybridized carbons (Fsp3) is 0.500. The first-order valence-corrected chi connectivity index (χ1v) is 9.92. The molecule has 0 aliphatic carbocycles. The van der Waals surface area contributed by atoms with Crippen LogP contribution in [0.4, 0.5) is 13.2 Å². The van der Waals surface area contributed by atoms with Crippen LogP contribution in [0.5, 0.6) is 0 Å². The maximum absolute atomic E-state index is 13.0. The van der Waals surface area contributed by atoms with Crippen LogP contribution in [-0.2, 0) is 27.1 Å². The summed E-state index contributed by atoms with van der Waals surface area (Å²) in [5.74, 6) is -2.05. The minimum Gasteiger partial charge on any atom is -0.331 e. The monoisotopic (exact) mass is 440 g/mol. The number of nitrogens with zero attached hydrogens (tertiary/aromatic N) is 4. The zero-order chi connectivity index (χ0) is 22.6. The lowest BCUT2D eigenvalue weighted by molar-refractivity contribution is -0.195. The van der Waals surface area contributed by atoms with Gasteiger partial charge in [-0.15, -0.1) is 0 Å². The minimum atomic E-state index is -4.71. The van der Waals surface area contributed by atoms with Crippen molar-refractivity contribution in [3.8, 4) is 11.4 Å². The number of rotatable bonds is 7. The topological polar surface area (TPSA) is 88.8 Å². The second-order valence-corrected chi connectivity index (χ2v) is 7.20. The molecule has 1 unspecified atom stereocenters. The lowest BCUT2D eigenvalue weighted by Crippen LogP contribution is -2.47. The quantitative estimate of drug-likeness (QED) is 0.613. The number of carbonyl (C=O) groups excluding carboxylic acids is 2. The lowest BCUT2D eigenvalue weighted by Gasteiger charge is -2.29. The summed E-state index contributed by atoms with van der Waals surface area (Å²) < 4.78 is 42.2. The third-order valence-electron chi connectivity index (χ3n) is 4.85. The Hall–Kier alpha value is -2.95. The molecule has 0 saturated carbocycles. The molecule has 0 radical (unpaired) electrons. The molecule has 1 aliphatic heterocycles. The first-order valence-electron chi connectivity index (χ1n) is 9.92. The molecule has 1 saturated heterocycles. The van der Waals surface area contributed by atoms with Gasteiger partial charge in [0.05, 0.1) is 13.2 Å². The highest BCUT2D eigenvalue weighted by molar-refractivity contribution is 5.87. The van der Waals surface area contributed by atoms with Crippen molar-refractivity contribution < 1.29 is 32.1 Å². The van der Waals surface area contributed by atoms with E-state index in [0.717, 1.165) is 6.42 Å². The maximum Gasteiger partial charge on any atom is 0.471 e. The number of carbonyl (C=O) groups is 2. The first-order chi connectivity index (χ1) is 14.7. The van der Waals surface area contributed by atoms with Gasteiger partial charge in [0.1, 0.15) is 6.04 Å². The van der Waals surface area contributed by atoms with Gasteiger partial charge in [-0.3, -0.25) is 14.4 Å². The largest absolute Gasteiger partial charge is 0.471 e. The van der Waals surface area contributed by atoms with Crippen LogP contribution < -0.4 is 0 Å². The molecule has 0 spiro atoms. The van der Waals surface area contributed by atoms with Crippen LogP contribution in [0.2, 0.25) is 0 Å². The van der Waals surface area contributed by atoms with Crippen LogP contribution in [0, 0.1) is 0 Å². The number of amides is 2. The van der Waals surface area contributed by atoms with E-state index in [0.29, 0.717) is 37.1 Å². The normalized spacial score (nSPS) is 16.5. The van der Waals surface area contributed by atoms with Gasteiger partial charge in [0.2, 0.25) is 11.7 Å². The number of halogens is 3. The summed E-state index contributed by atoms with van der Waals surface area (Å²) in [6.07, 6.45) is -2.69.